The van der Waals surface area contributed by atoms with E-state index in [9.17, 15) is 4.79 Å². The topological polar surface area (TPSA) is 72.4 Å². The second-order valence-corrected chi connectivity index (χ2v) is 5.25. The van der Waals surface area contributed by atoms with Crippen LogP contribution in [0, 0.1) is 6.92 Å². The van der Waals surface area contributed by atoms with Crippen molar-refractivity contribution in [1.82, 2.24) is 10.1 Å². The zero-order valence-electron chi connectivity index (χ0n) is 12.5. The summed E-state index contributed by atoms with van der Waals surface area (Å²) in [6, 6.07) is 11.4. The molecule has 0 saturated heterocycles. The number of benzene rings is 1. The predicted octanol–water partition coefficient (Wildman–Crippen LogP) is 1.90. The van der Waals surface area contributed by atoms with Gasteiger partial charge in [0.1, 0.15) is 11.5 Å². The second-order valence-electron chi connectivity index (χ2n) is 5.25. The van der Waals surface area contributed by atoms with Crippen LogP contribution in [-0.2, 0) is 17.8 Å². The molecule has 1 aromatic carbocycles. The molecule has 0 fully saturated rings. The van der Waals surface area contributed by atoms with Crippen molar-refractivity contribution in [2.24, 2.45) is 5.73 Å². The van der Waals surface area contributed by atoms with Crippen LogP contribution in [0.2, 0.25) is 0 Å². The van der Waals surface area contributed by atoms with Crippen LogP contribution in [-0.4, -0.2) is 29.1 Å². The van der Waals surface area contributed by atoms with Crippen molar-refractivity contribution in [3.8, 4) is 0 Å². The van der Waals surface area contributed by atoms with E-state index in [1.165, 1.54) is 5.56 Å². The monoisotopic (exact) mass is 287 g/mol. The first kappa shape index (κ1) is 15.3. The smallest absolute Gasteiger partial charge is 0.239 e. The first-order chi connectivity index (χ1) is 10.1. The lowest BCUT2D eigenvalue weighted by molar-refractivity contribution is -0.132. The lowest BCUT2D eigenvalue weighted by atomic mass is 10.1. The maximum absolute atomic E-state index is 12.2. The number of carbonyl (C=O) groups excluding carboxylic acids is 1. The molecule has 0 saturated carbocycles. The van der Waals surface area contributed by atoms with Gasteiger partial charge in [-0.05, 0) is 25.3 Å². The van der Waals surface area contributed by atoms with E-state index in [1.54, 1.807) is 11.9 Å². The minimum atomic E-state index is -0.497. The Morgan fingerprint density at radius 2 is 2.10 bits per heavy atom. The quantitative estimate of drug-likeness (QED) is 0.880. The standard InChI is InChI=1S/C16H21N3O2/c1-12-10-14(18-21-12)11-19(2)16(20)15(17)9-8-13-6-4-3-5-7-13/h3-7,10,15H,8-9,11,17H2,1-2H3/t15-/m0/s1. The number of carbonyl (C=O) groups is 1. The fourth-order valence-electron chi connectivity index (χ4n) is 2.19. The van der Waals surface area contributed by atoms with Gasteiger partial charge in [-0.3, -0.25) is 4.79 Å². The fourth-order valence-corrected chi connectivity index (χ4v) is 2.19. The zero-order valence-corrected chi connectivity index (χ0v) is 12.5. The molecule has 0 aliphatic carbocycles. The van der Waals surface area contributed by atoms with E-state index in [-0.39, 0.29) is 5.91 Å². The van der Waals surface area contributed by atoms with Crippen LogP contribution >= 0.6 is 0 Å². The summed E-state index contributed by atoms with van der Waals surface area (Å²) in [6.45, 7) is 2.24. The molecule has 0 unspecified atom stereocenters. The fraction of sp³-hybridized carbons (Fsp3) is 0.375. The Bertz CT molecular complexity index is 580. The molecule has 1 atom stereocenters. The van der Waals surface area contributed by atoms with E-state index in [0.29, 0.717) is 13.0 Å². The summed E-state index contributed by atoms with van der Waals surface area (Å²) < 4.78 is 4.99. The normalized spacial score (nSPS) is 12.1. The molecule has 0 aliphatic rings. The second kappa shape index (κ2) is 7.04. The highest BCUT2D eigenvalue weighted by molar-refractivity contribution is 5.81. The highest BCUT2D eigenvalue weighted by atomic mass is 16.5. The Hall–Kier alpha value is -2.14. The Labute approximate surface area is 124 Å². The van der Waals surface area contributed by atoms with Gasteiger partial charge in [-0.1, -0.05) is 35.5 Å². The van der Waals surface area contributed by atoms with Crippen molar-refractivity contribution in [1.29, 1.82) is 0 Å². The molecule has 2 rings (SSSR count). The van der Waals surface area contributed by atoms with Crippen LogP contribution in [0.25, 0.3) is 0 Å². The molecule has 0 bridgehead atoms. The minimum absolute atomic E-state index is 0.0772. The molecular weight excluding hydrogens is 266 g/mol. The summed E-state index contributed by atoms with van der Waals surface area (Å²) in [4.78, 5) is 13.8. The van der Waals surface area contributed by atoms with Crippen LogP contribution < -0.4 is 5.73 Å². The van der Waals surface area contributed by atoms with Crippen molar-refractivity contribution in [2.45, 2.75) is 32.4 Å². The number of likely N-dealkylation sites (N-methyl/N-ethyl adjacent to an activating group) is 1. The first-order valence-corrected chi connectivity index (χ1v) is 7.03. The van der Waals surface area contributed by atoms with E-state index < -0.39 is 6.04 Å². The third kappa shape index (κ3) is 4.43. The van der Waals surface area contributed by atoms with Gasteiger partial charge in [0, 0.05) is 13.1 Å². The number of hydrogen-bond donors (Lipinski definition) is 1. The van der Waals surface area contributed by atoms with Crippen LogP contribution in [0.5, 0.6) is 0 Å². The maximum Gasteiger partial charge on any atom is 0.239 e. The summed E-state index contributed by atoms with van der Waals surface area (Å²) in [5, 5.41) is 3.88. The molecule has 1 aromatic heterocycles. The van der Waals surface area contributed by atoms with Crippen LogP contribution in [0.4, 0.5) is 0 Å². The van der Waals surface area contributed by atoms with Crippen molar-refractivity contribution in [3.63, 3.8) is 0 Å². The molecule has 1 heterocycles. The van der Waals surface area contributed by atoms with Crippen molar-refractivity contribution in [2.75, 3.05) is 7.05 Å². The average molecular weight is 287 g/mol. The van der Waals surface area contributed by atoms with E-state index in [2.05, 4.69) is 5.16 Å². The first-order valence-electron chi connectivity index (χ1n) is 7.03. The molecule has 0 spiro atoms. The third-order valence-corrected chi connectivity index (χ3v) is 3.36. The van der Waals surface area contributed by atoms with Crippen molar-refractivity contribution >= 4 is 5.91 Å². The number of amides is 1. The number of hydrogen-bond acceptors (Lipinski definition) is 4. The van der Waals surface area contributed by atoms with E-state index >= 15 is 0 Å². The van der Waals surface area contributed by atoms with E-state index in [1.807, 2.05) is 43.3 Å². The lowest BCUT2D eigenvalue weighted by Crippen LogP contribution is -2.41. The predicted molar refractivity (Wildman–Crippen MR) is 80.5 cm³/mol. The number of rotatable bonds is 6. The minimum Gasteiger partial charge on any atom is -0.361 e. The van der Waals surface area contributed by atoms with Crippen LogP contribution in [0.1, 0.15) is 23.4 Å². The number of nitrogens with zero attached hydrogens (tertiary/aromatic N) is 2. The van der Waals surface area contributed by atoms with Gasteiger partial charge in [-0.15, -0.1) is 0 Å². The SMILES string of the molecule is Cc1cc(CN(C)C(=O)[C@@H](N)CCc2ccccc2)no1. The van der Waals surface area contributed by atoms with Crippen molar-refractivity contribution in [3.05, 3.63) is 53.4 Å². The van der Waals surface area contributed by atoms with Crippen LogP contribution in [0.3, 0.4) is 0 Å². The average Bonchev–Trinajstić information content (AvgIpc) is 2.90. The molecule has 21 heavy (non-hydrogen) atoms. The number of aryl methyl sites for hydroxylation is 2. The number of aromatic nitrogens is 1. The summed E-state index contributed by atoms with van der Waals surface area (Å²) in [7, 11) is 1.73. The summed E-state index contributed by atoms with van der Waals surface area (Å²) in [5.74, 6) is 0.658. The molecule has 1 amide bonds. The summed E-state index contributed by atoms with van der Waals surface area (Å²) in [6.07, 6.45) is 1.43. The zero-order chi connectivity index (χ0) is 15.2. The summed E-state index contributed by atoms with van der Waals surface area (Å²) in [5.41, 5.74) is 7.91. The van der Waals surface area contributed by atoms with Gasteiger partial charge in [0.15, 0.2) is 0 Å². The van der Waals surface area contributed by atoms with Gasteiger partial charge in [-0.2, -0.15) is 0 Å². The molecule has 112 valence electrons. The van der Waals surface area contributed by atoms with Gasteiger partial charge < -0.3 is 15.2 Å². The highest BCUT2D eigenvalue weighted by Gasteiger charge is 2.19. The Kier molecular flexibility index (Phi) is 5.11. The Morgan fingerprint density at radius 1 is 1.38 bits per heavy atom. The molecule has 5 heteroatoms. The van der Waals surface area contributed by atoms with Gasteiger partial charge in [-0.25, -0.2) is 0 Å². The Morgan fingerprint density at radius 3 is 2.71 bits per heavy atom. The molecule has 2 aromatic rings. The largest absolute Gasteiger partial charge is 0.361 e. The van der Waals surface area contributed by atoms with Gasteiger partial charge >= 0.3 is 0 Å². The summed E-state index contributed by atoms with van der Waals surface area (Å²) >= 11 is 0. The van der Waals surface area contributed by atoms with Gasteiger partial charge in [0.05, 0.1) is 12.6 Å². The van der Waals surface area contributed by atoms with Crippen LogP contribution in [0.15, 0.2) is 40.9 Å². The molecular formula is C16H21N3O2. The molecule has 5 nitrogen and oxygen atoms in total. The Balaban J connectivity index is 1.83. The van der Waals surface area contributed by atoms with E-state index in [4.69, 9.17) is 10.3 Å². The molecule has 2 N–H and O–H groups in total. The van der Waals surface area contributed by atoms with E-state index in [0.717, 1.165) is 17.9 Å². The highest BCUT2D eigenvalue weighted by Crippen LogP contribution is 2.08. The van der Waals surface area contributed by atoms with Gasteiger partial charge in [0.2, 0.25) is 5.91 Å². The van der Waals surface area contributed by atoms with Gasteiger partial charge in [0.25, 0.3) is 0 Å². The molecule has 0 radical (unpaired) electrons. The number of nitrogens with two attached hydrogens (primary N) is 1. The third-order valence-electron chi connectivity index (χ3n) is 3.36. The van der Waals surface area contributed by atoms with Crippen molar-refractivity contribution < 1.29 is 9.32 Å². The lowest BCUT2D eigenvalue weighted by Gasteiger charge is -2.20. The maximum atomic E-state index is 12.2. The molecule has 0 aliphatic heterocycles.